The summed E-state index contributed by atoms with van der Waals surface area (Å²) >= 11 is 3.40. The van der Waals surface area contributed by atoms with Gasteiger partial charge in [-0.05, 0) is 29.8 Å². The van der Waals surface area contributed by atoms with Gasteiger partial charge < -0.3 is 10.8 Å². The van der Waals surface area contributed by atoms with E-state index in [1.54, 1.807) is 24.1 Å². The number of hydrogen-bond acceptors (Lipinski definition) is 4. The molecule has 2 rings (SSSR count). The van der Waals surface area contributed by atoms with E-state index in [2.05, 4.69) is 26.1 Å². The predicted molar refractivity (Wildman–Crippen MR) is 72.0 cm³/mol. The first-order valence-corrected chi connectivity index (χ1v) is 6.41. The van der Waals surface area contributed by atoms with Gasteiger partial charge >= 0.3 is 0 Å². The Balaban J connectivity index is 2.49. The molecule has 18 heavy (non-hydrogen) atoms. The number of aryl methyl sites for hydroxylation is 1. The number of anilines is 1. The van der Waals surface area contributed by atoms with Crippen LogP contribution in [0.4, 0.5) is 5.82 Å². The van der Waals surface area contributed by atoms with Crippen LogP contribution in [0, 0.1) is 0 Å². The first kappa shape index (κ1) is 13.1. The fourth-order valence-electron chi connectivity index (χ4n) is 1.84. The highest BCUT2D eigenvalue weighted by Gasteiger charge is 2.24. The summed E-state index contributed by atoms with van der Waals surface area (Å²) in [6.45, 7) is 4.00. The van der Waals surface area contributed by atoms with Gasteiger partial charge in [0.05, 0.1) is 22.6 Å². The van der Waals surface area contributed by atoms with E-state index in [1.165, 1.54) is 4.68 Å². The number of rotatable bonds is 3. The molecule has 0 aromatic carbocycles. The standard InChI is InChI=1S/C11H16BrN5O/c1-6(2)17-9(8(12)5-15-17)10(18)7-4-14-16(3)11(7)13/h4-6,10,18H,13H2,1-3H3. The van der Waals surface area contributed by atoms with E-state index in [1.807, 2.05) is 13.8 Å². The molecule has 2 heterocycles. The first-order valence-electron chi connectivity index (χ1n) is 5.61. The summed E-state index contributed by atoms with van der Waals surface area (Å²) in [6.07, 6.45) is 2.40. The number of aromatic nitrogens is 4. The third-order valence-electron chi connectivity index (χ3n) is 2.84. The SMILES string of the molecule is CC(C)n1ncc(Br)c1C(O)c1cnn(C)c1N. The summed E-state index contributed by atoms with van der Waals surface area (Å²) in [4.78, 5) is 0. The Morgan fingerprint density at radius 1 is 1.33 bits per heavy atom. The van der Waals surface area contributed by atoms with E-state index >= 15 is 0 Å². The molecule has 0 spiro atoms. The van der Waals surface area contributed by atoms with E-state index in [0.717, 1.165) is 4.47 Å². The minimum Gasteiger partial charge on any atom is -0.384 e. The summed E-state index contributed by atoms with van der Waals surface area (Å²) < 4.78 is 4.05. The van der Waals surface area contributed by atoms with E-state index in [-0.39, 0.29) is 6.04 Å². The van der Waals surface area contributed by atoms with E-state index < -0.39 is 6.10 Å². The lowest BCUT2D eigenvalue weighted by molar-refractivity contribution is 0.205. The van der Waals surface area contributed by atoms with Crippen LogP contribution in [0.25, 0.3) is 0 Å². The van der Waals surface area contributed by atoms with Gasteiger partial charge in [-0.1, -0.05) is 0 Å². The van der Waals surface area contributed by atoms with Gasteiger partial charge in [-0.15, -0.1) is 0 Å². The van der Waals surface area contributed by atoms with Crippen molar-refractivity contribution in [2.75, 3.05) is 5.73 Å². The predicted octanol–water partition coefficient (Wildman–Crippen LogP) is 1.62. The molecule has 1 unspecified atom stereocenters. The minimum atomic E-state index is -0.849. The average molecular weight is 314 g/mol. The van der Waals surface area contributed by atoms with Gasteiger partial charge in [0.2, 0.25) is 0 Å². The van der Waals surface area contributed by atoms with Gasteiger partial charge in [-0.25, -0.2) is 0 Å². The van der Waals surface area contributed by atoms with Crippen LogP contribution in [0.5, 0.6) is 0 Å². The van der Waals surface area contributed by atoms with Gasteiger partial charge in [-0.3, -0.25) is 9.36 Å². The van der Waals surface area contributed by atoms with Gasteiger partial charge in [0.25, 0.3) is 0 Å². The molecule has 0 aliphatic carbocycles. The van der Waals surface area contributed by atoms with Crippen LogP contribution < -0.4 is 5.73 Å². The highest BCUT2D eigenvalue weighted by molar-refractivity contribution is 9.10. The fourth-order valence-corrected chi connectivity index (χ4v) is 2.33. The first-order chi connectivity index (χ1) is 8.43. The van der Waals surface area contributed by atoms with Crippen LogP contribution in [-0.2, 0) is 7.05 Å². The molecule has 0 fully saturated rings. The van der Waals surface area contributed by atoms with Crippen LogP contribution >= 0.6 is 15.9 Å². The lowest BCUT2D eigenvalue weighted by Gasteiger charge is -2.16. The third-order valence-corrected chi connectivity index (χ3v) is 3.46. The Morgan fingerprint density at radius 3 is 2.50 bits per heavy atom. The maximum absolute atomic E-state index is 10.5. The minimum absolute atomic E-state index is 0.152. The molecule has 98 valence electrons. The Kier molecular flexibility index (Phi) is 3.45. The molecule has 0 saturated carbocycles. The second-order valence-corrected chi connectivity index (χ2v) is 5.28. The molecular formula is C11H16BrN5O. The van der Waals surface area contributed by atoms with Crippen molar-refractivity contribution in [3.05, 3.63) is 28.1 Å². The third kappa shape index (κ3) is 2.04. The van der Waals surface area contributed by atoms with Crippen molar-refractivity contribution in [2.24, 2.45) is 7.05 Å². The summed E-state index contributed by atoms with van der Waals surface area (Å²) in [5.74, 6) is 0.450. The van der Waals surface area contributed by atoms with Crippen LogP contribution in [-0.4, -0.2) is 24.7 Å². The summed E-state index contributed by atoms with van der Waals surface area (Å²) in [6, 6.07) is 0.152. The number of nitrogens with two attached hydrogens (primary N) is 1. The van der Waals surface area contributed by atoms with Gasteiger partial charge in [0.1, 0.15) is 11.9 Å². The Morgan fingerprint density at radius 2 is 2.00 bits per heavy atom. The zero-order valence-electron chi connectivity index (χ0n) is 10.5. The molecule has 6 nitrogen and oxygen atoms in total. The topological polar surface area (TPSA) is 81.9 Å². The molecule has 0 bridgehead atoms. The molecule has 0 radical (unpaired) electrons. The Hall–Kier alpha value is -1.34. The second-order valence-electron chi connectivity index (χ2n) is 4.43. The summed E-state index contributed by atoms with van der Waals surface area (Å²) in [7, 11) is 1.74. The van der Waals surface area contributed by atoms with Crippen molar-refractivity contribution in [3.63, 3.8) is 0 Å². The molecule has 0 amide bonds. The van der Waals surface area contributed by atoms with Crippen molar-refractivity contribution >= 4 is 21.7 Å². The number of nitrogens with zero attached hydrogens (tertiary/aromatic N) is 4. The van der Waals surface area contributed by atoms with Gasteiger partial charge in [0, 0.05) is 18.7 Å². The van der Waals surface area contributed by atoms with Crippen molar-refractivity contribution in [2.45, 2.75) is 26.0 Å². The van der Waals surface area contributed by atoms with Crippen molar-refractivity contribution in [1.29, 1.82) is 0 Å². The van der Waals surface area contributed by atoms with Crippen molar-refractivity contribution in [1.82, 2.24) is 19.6 Å². The molecule has 7 heteroatoms. The van der Waals surface area contributed by atoms with E-state index in [9.17, 15) is 5.11 Å². The molecule has 2 aromatic heterocycles. The molecule has 0 saturated heterocycles. The van der Waals surface area contributed by atoms with E-state index in [0.29, 0.717) is 17.1 Å². The van der Waals surface area contributed by atoms with Crippen LogP contribution in [0.15, 0.2) is 16.9 Å². The van der Waals surface area contributed by atoms with Crippen molar-refractivity contribution < 1.29 is 5.11 Å². The number of hydrogen-bond donors (Lipinski definition) is 2. The molecule has 0 aliphatic rings. The smallest absolute Gasteiger partial charge is 0.127 e. The quantitative estimate of drug-likeness (QED) is 0.902. The number of nitrogen functional groups attached to an aromatic ring is 1. The monoisotopic (exact) mass is 313 g/mol. The highest BCUT2D eigenvalue weighted by atomic mass is 79.9. The zero-order valence-corrected chi connectivity index (χ0v) is 12.1. The Labute approximate surface area is 114 Å². The molecule has 0 aliphatic heterocycles. The maximum Gasteiger partial charge on any atom is 0.127 e. The number of aliphatic hydroxyl groups excluding tert-OH is 1. The molecule has 2 aromatic rings. The molecule has 3 N–H and O–H groups in total. The van der Waals surface area contributed by atoms with Crippen LogP contribution in [0.3, 0.4) is 0 Å². The lowest BCUT2D eigenvalue weighted by atomic mass is 10.1. The fraction of sp³-hybridized carbons (Fsp3) is 0.455. The molecule has 1 atom stereocenters. The summed E-state index contributed by atoms with van der Waals surface area (Å²) in [5.41, 5.74) is 7.15. The van der Waals surface area contributed by atoms with Gasteiger partial charge in [0.15, 0.2) is 0 Å². The number of aliphatic hydroxyl groups is 1. The molecular weight excluding hydrogens is 298 g/mol. The maximum atomic E-state index is 10.5. The number of halogens is 1. The zero-order chi connectivity index (χ0) is 13.4. The van der Waals surface area contributed by atoms with E-state index in [4.69, 9.17) is 5.73 Å². The summed E-state index contributed by atoms with van der Waals surface area (Å²) in [5, 5.41) is 18.7. The van der Waals surface area contributed by atoms with Crippen LogP contribution in [0.2, 0.25) is 0 Å². The second kappa shape index (κ2) is 4.74. The van der Waals surface area contributed by atoms with Crippen LogP contribution in [0.1, 0.15) is 37.3 Å². The normalized spacial score (nSPS) is 13.2. The lowest BCUT2D eigenvalue weighted by Crippen LogP contribution is -2.13. The van der Waals surface area contributed by atoms with Crippen molar-refractivity contribution in [3.8, 4) is 0 Å². The average Bonchev–Trinajstić information content (AvgIpc) is 2.84. The largest absolute Gasteiger partial charge is 0.384 e. The highest BCUT2D eigenvalue weighted by Crippen LogP contribution is 2.32. The van der Waals surface area contributed by atoms with Gasteiger partial charge in [-0.2, -0.15) is 10.2 Å². The Bertz CT molecular complexity index is 560.